The SMILES string of the molecule is O=c1c2cccc3c(Br)ccc(c32)c2nc3c(cc(Br)c[n+]3CCBr)n12.[Br-]. The summed E-state index contributed by atoms with van der Waals surface area (Å²) in [4.78, 5) is 18.2. The maximum absolute atomic E-state index is 13.3. The van der Waals surface area contributed by atoms with Crippen LogP contribution < -0.4 is 27.1 Å². The number of aromatic nitrogens is 3. The number of nitrogens with zero attached hydrogens (tertiary/aromatic N) is 3. The van der Waals surface area contributed by atoms with Gasteiger partial charge in [-0.25, -0.2) is 8.97 Å². The number of pyridine rings is 2. The molecule has 136 valence electrons. The molecule has 3 aromatic heterocycles. The van der Waals surface area contributed by atoms with Crippen molar-refractivity contribution < 1.29 is 21.5 Å². The van der Waals surface area contributed by atoms with E-state index in [2.05, 4.69) is 52.4 Å². The molecule has 0 radical (unpaired) electrons. The van der Waals surface area contributed by atoms with E-state index >= 15 is 0 Å². The van der Waals surface area contributed by atoms with E-state index in [4.69, 9.17) is 4.98 Å². The highest BCUT2D eigenvalue weighted by Crippen LogP contribution is 2.33. The Bertz CT molecular complexity index is 1400. The van der Waals surface area contributed by atoms with E-state index in [0.29, 0.717) is 11.0 Å². The third-order valence-electron chi connectivity index (χ3n) is 4.71. The standard InChI is InChI=1S/C19H11Br3N3O.BrH/c20-6-7-24-9-10(21)8-15-18(24)23-17-12-4-5-14(22)11-2-1-3-13(16(11)12)19(26)25(15)17;/h1-5,8-9H,6-7H2;1H/q+1;/p-1. The van der Waals surface area contributed by atoms with Crippen molar-refractivity contribution in [3.05, 3.63) is 61.9 Å². The molecule has 0 aliphatic carbocycles. The van der Waals surface area contributed by atoms with Gasteiger partial charge < -0.3 is 17.0 Å². The number of aryl methyl sites for hydroxylation is 1. The average molecular weight is 617 g/mol. The van der Waals surface area contributed by atoms with E-state index in [1.807, 2.05) is 42.6 Å². The number of benzene rings is 2. The maximum Gasteiger partial charge on any atom is 0.350 e. The zero-order chi connectivity index (χ0) is 18.0. The Morgan fingerprint density at radius 3 is 2.63 bits per heavy atom. The normalized spacial score (nSPS) is 11.7. The minimum absolute atomic E-state index is 0. The molecule has 8 heteroatoms. The fourth-order valence-electron chi connectivity index (χ4n) is 3.64. The van der Waals surface area contributed by atoms with Crippen LogP contribution in [0.5, 0.6) is 0 Å². The van der Waals surface area contributed by atoms with E-state index in [-0.39, 0.29) is 22.5 Å². The highest BCUT2D eigenvalue weighted by atomic mass is 79.9. The third kappa shape index (κ3) is 2.75. The lowest BCUT2D eigenvalue weighted by Gasteiger charge is -2.06. The zero-order valence-corrected chi connectivity index (χ0v) is 20.1. The summed E-state index contributed by atoms with van der Waals surface area (Å²) >= 11 is 10.7. The number of hydrogen-bond donors (Lipinski definition) is 0. The van der Waals surface area contributed by atoms with Gasteiger partial charge in [-0.1, -0.05) is 44.0 Å². The largest absolute Gasteiger partial charge is 1.00 e. The lowest BCUT2D eigenvalue weighted by atomic mass is 10.0. The Morgan fingerprint density at radius 1 is 1.07 bits per heavy atom. The monoisotopic (exact) mass is 613 g/mol. The molecule has 27 heavy (non-hydrogen) atoms. The van der Waals surface area contributed by atoms with Crippen molar-refractivity contribution in [3.8, 4) is 0 Å². The van der Waals surface area contributed by atoms with Crippen LogP contribution in [0.4, 0.5) is 0 Å². The molecule has 0 aliphatic rings. The average Bonchev–Trinajstić information content (AvgIpc) is 3.01. The summed E-state index contributed by atoms with van der Waals surface area (Å²) in [5.74, 6) is 0. The van der Waals surface area contributed by atoms with Gasteiger partial charge in [-0.3, -0.25) is 4.79 Å². The van der Waals surface area contributed by atoms with Crippen molar-refractivity contribution in [2.75, 3.05) is 5.33 Å². The number of fused-ring (bicyclic) bond motifs is 4. The van der Waals surface area contributed by atoms with E-state index in [9.17, 15) is 4.79 Å². The molecular weight excluding hydrogens is 606 g/mol. The zero-order valence-electron chi connectivity index (χ0n) is 13.7. The molecule has 0 atom stereocenters. The first-order valence-corrected chi connectivity index (χ1v) is 10.7. The number of hydrogen-bond acceptors (Lipinski definition) is 2. The van der Waals surface area contributed by atoms with Crippen LogP contribution in [0.2, 0.25) is 0 Å². The topological polar surface area (TPSA) is 38.2 Å². The van der Waals surface area contributed by atoms with E-state index < -0.39 is 0 Å². The molecule has 4 nitrogen and oxygen atoms in total. The number of alkyl halides is 1. The van der Waals surface area contributed by atoms with Crippen LogP contribution in [-0.4, -0.2) is 14.7 Å². The van der Waals surface area contributed by atoms with Crippen LogP contribution in [0.15, 0.2) is 56.3 Å². The predicted molar refractivity (Wildman–Crippen MR) is 115 cm³/mol. The van der Waals surface area contributed by atoms with Crippen molar-refractivity contribution in [2.45, 2.75) is 6.54 Å². The second-order valence-corrected chi connectivity index (χ2v) is 8.71. The molecule has 0 N–H and O–H groups in total. The Kier molecular flexibility index (Phi) is 5.03. The highest BCUT2D eigenvalue weighted by Gasteiger charge is 2.24. The molecular formula is C19H11Br4N3O. The number of halogens is 4. The molecule has 0 aliphatic heterocycles. The molecule has 0 unspecified atom stereocenters. The smallest absolute Gasteiger partial charge is 0.350 e. The van der Waals surface area contributed by atoms with Gasteiger partial charge in [0.1, 0.15) is 18.3 Å². The molecule has 0 spiro atoms. The second kappa shape index (κ2) is 7.06. The second-order valence-electron chi connectivity index (χ2n) is 6.15. The highest BCUT2D eigenvalue weighted by molar-refractivity contribution is 9.11. The van der Waals surface area contributed by atoms with Gasteiger partial charge >= 0.3 is 5.65 Å². The summed E-state index contributed by atoms with van der Waals surface area (Å²) in [6, 6.07) is 11.8. The van der Waals surface area contributed by atoms with Gasteiger partial charge in [-0.05, 0) is 50.6 Å². The van der Waals surface area contributed by atoms with Gasteiger partial charge in [0.25, 0.3) is 11.2 Å². The summed E-state index contributed by atoms with van der Waals surface area (Å²) in [6.45, 7) is 0.767. The first-order valence-electron chi connectivity index (χ1n) is 8.04. The van der Waals surface area contributed by atoms with Gasteiger partial charge in [-0.15, -0.1) is 0 Å². The molecule has 0 fully saturated rings. The Balaban J connectivity index is 0.00000180. The van der Waals surface area contributed by atoms with Crippen LogP contribution in [0.1, 0.15) is 0 Å². The lowest BCUT2D eigenvalue weighted by molar-refractivity contribution is -0.668. The van der Waals surface area contributed by atoms with Crippen LogP contribution >= 0.6 is 47.8 Å². The van der Waals surface area contributed by atoms with Crippen molar-refractivity contribution in [1.29, 1.82) is 0 Å². The molecule has 2 aromatic carbocycles. The van der Waals surface area contributed by atoms with E-state index in [1.54, 1.807) is 4.40 Å². The summed E-state index contributed by atoms with van der Waals surface area (Å²) in [5.41, 5.74) is 2.27. The van der Waals surface area contributed by atoms with Gasteiger partial charge in [0.15, 0.2) is 0 Å². The predicted octanol–water partition coefficient (Wildman–Crippen LogP) is 1.80. The van der Waals surface area contributed by atoms with Crippen LogP contribution in [0.25, 0.3) is 38.4 Å². The molecule has 0 amide bonds. The molecule has 5 aromatic rings. The maximum atomic E-state index is 13.3. The molecule has 0 saturated carbocycles. The summed E-state index contributed by atoms with van der Waals surface area (Å²) in [7, 11) is 0. The Labute approximate surface area is 189 Å². The molecule has 0 saturated heterocycles. The lowest BCUT2D eigenvalue weighted by Crippen LogP contribution is -3.00. The fourth-order valence-corrected chi connectivity index (χ4v) is 4.95. The van der Waals surface area contributed by atoms with Crippen molar-refractivity contribution in [1.82, 2.24) is 9.38 Å². The van der Waals surface area contributed by atoms with Gasteiger partial charge in [0.2, 0.25) is 0 Å². The summed E-state index contributed by atoms with van der Waals surface area (Å²) in [6.07, 6.45) is 2.00. The van der Waals surface area contributed by atoms with E-state index in [0.717, 1.165) is 48.1 Å². The van der Waals surface area contributed by atoms with Crippen LogP contribution in [0, 0.1) is 0 Å². The van der Waals surface area contributed by atoms with Crippen LogP contribution in [-0.2, 0) is 6.54 Å². The summed E-state index contributed by atoms with van der Waals surface area (Å²) in [5, 5.41) is 4.48. The minimum Gasteiger partial charge on any atom is -1.00 e. The van der Waals surface area contributed by atoms with Gasteiger partial charge in [-0.2, -0.15) is 0 Å². The fraction of sp³-hybridized carbons (Fsp3) is 0.105. The van der Waals surface area contributed by atoms with E-state index in [1.165, 1.54) is 0 Å². The minimum atomic E-state index is -0.0396. The number of imidazole rings is 1. The first kappa shape index (κ1) is 19.2. The molecule has 0 bridgehead atoms. The number of rotatable bonds is 2. The molecule has 3 heterocycles. The van der Waals surface area contributed by atoms with Crippen molar-refractivity contribution >= 4 is 86.1 Å². The Hall–Kier alpha value is -1.09. The van der Waals surface area contributed by atoms with Gasteiger partial charge in [0.05, 0.1) is 9.86 Å². The Morgan fingerprint density at radius 2 is 1.85 bits per heavy atom. The van der Waals surface area contributed by atoms with Crippen LogP contribution in [0.3, 0.4) is 0 Å². The quantitative estimate of drug-likeness (QED) is 0.224. The third-order valence-corrected chi connectivity index (χ3v) is 6.19. The molecule has 5 rings (SSSR count). The first-order chi connectivity index (χ1) is 12.6. The van der Waals surface area contributed by atoms with Gasteiger partial charge in [0, 0.05) is 20.6 Å². The van der Waals surface area contributed by atoms with Crippen molar-refractivity contribution in [3.63, 3.8) is 0 Å². The summed E-state index contributed by atoms with van der Waals surface area (Å²) < 4.78 is 5.69. The van der Waals surface area contributed by atoms with Crippen molar-refractivity contribution in [2.24, 2.45) is 0 Å².